The maximum Gasteiger partial charge on any atom is 0.332 e. The van der Waals surface area contributed by atoms with Crippen molar-refractivity contribution in [3.05, 3.63) is 61.5 Å². The van der Waals surface area contributed by atoms with Gasteiger partial charge in [0.15, 0.2) is 11.2 Å². The van der Waals surface area contributed by atoms with E-state index in [0.717, 1.165) is 52.0 Å². The fraction of sp³-hybridized carbons (Fsp3) is 0.421. The van der Waals surface area contributed by atoms with Crippen molar-refractivity contribution in [3.8, 4) is 0 Å². The molecule has 0 aliphatic heterocycles. The van der Waals surface area contributed by atoms with Gasteiger partial charge in [-0.25, -0.2) is 22.2 Å². The monoisotopic (exact) mass is 449 g/mol. The largest absolute Gasteiger partial charge is 0.332 e. The molecule has 12 heteroatoms. The smallest absolute Gasteiger partial charge is 0.276 e. The number of imidazole rings is 1. The van der Waals surface area contributed by atoms with Crippen LogP contribution in [0.25, 0.3) is 11.2 Å². The predicted molar refractivity (Wildman–Crippen MR) is 114 cm³/mol. The number of aromatic nitrogens is 4. The number of nitrogens with zero attached hydrogens (tertiary/aromatic N) is 5. The second-order valence-electron chi connectivity index (χ2n) is 7.07. The van der Waals surface area contributed by atoms with E-state index in [1.54, 1.807) is 0 Å². The molecule has 0 saturated carbocycles. The van der Waals surface area contributed by atoms with Crippen LogP contribution in [-0.4, -0.2) is 31.4 Å². The molecule has 0 atom stereocenters. The van der Waals surface area contributed by atoms with Gasteiger partial charge in [-0.1, -0.05) is 26.7 Å². The zero-order valence-electron chi connectivity index (χ0n) is 17.2. The summed E-state index contributed by atoms with van der Waals surface area (Å²) < 4.78 is 29.5. The highest BCUT2D eigenvalue weighted by atomic mass is 32.2. The number of non-ortho nitro benzene ring substituents is 1. The highest BCUT2D eigenvalue weighted by Crippen LogP contribution is 2.21. The van der Waals surface area contributed by atoms with Crippen LogP contribution in [0.5, 0.6) is 0 Å². The number of nitro benzene ring substituents is 1. The summed E-state index contributed by atoms with van der Waals surface area (Å²) in [5.74, 6) is 0. The third-order valence-corrected chi connectivity index (χ3v) is 6.62. The van der Waals surface area contributed by atoms with E-state index in [1.165, 1.54) is 4.57 Å². The lowest BCUT2D eigenvalue weighted by molar-refractivity contribution is -0.384. The molecule has 0 aliphatic carbocycles. The van der Waals surface area contributed by atoms with Crippen molar-refractivity contribution in [2.45, 2.75) is 57.5 Å². The van der Waals surface area contributed by atoms with E-state index < -0.39 is 26.2 Å². The van der Waals surface area contributed by atoms with Gasteiger partial charge in [-0.3, -0.25) is 24.0 Å². The molecule has 166 valence electrons. The standard InChI is InChI=1S/C19H23N5O6S/c1-3-5-11-21-17-16(18(25)22(19(21)26)12-6-4-2)23(13-20-17)31(29,30)15-9-7-14(8-10-15)24(27)28/h7-10,13H,3-6,11-12H2,1-2H3. The molecule has 0 fully saturated rings. The molecule has 3 rings (SSSR count). The van der Waals surface area contributed by atoms with Crippen LogP contribution in [0, 0.1) is 10.1 Å². The van der Waals surface area contributed by atoms with Crippen molar-refractivity contribution >= 4 is 26.9 Å². The van der Waals surface area contributed by atoms with Crippen molar-refractivity contribution < 1.29 is 13.3 Å². The number of fused-ring (bicyclic) bond motifs is 1. The summed E-state index contributed by atoms with van der Waals surface area (Å²) in [6.07, 6.45) is 3.78. The molecular formula is C19H23N5O6S. The lowest BCUT2D eigenvalue weighted by Gasteiger charge is -2.12. The van der Waals surface area contributed by atoms with E-state index >= 15 is 0 Å². The number of aryl methyl sites for hydroxylation is 1. The van der Waals surface area contributed by atoms with Crippen LogP contribution in [0.2, 0.25) is 0 Å². The van der Waals surface area contributed by atoms with Crippen LogP contribution in [0.3, 0.4) is 0 Å². The Morgan fingerprint density at radius 3 is 2.13 bits per heavy atom. The molecule has 1 aromatic carbocycles. The van der Waals surface area contributed by atoms with E-state index in [1.807, 2.05) is 13.8 Å². The van der Waals surface area contributed by atoms with Gasteiger partial charge in [-0.05, 0) is 25.0 Å². The summed E-state index contributed by atoms with van der Waals surface area (Å²) in [5.41, 5.74) is -1.72. The van der Waals surface area contributed by atoms with Gasteiger partial charge in [-0.2, -0.15) is 0 Å². The SMILES string of the molecule is CCCCn1c(=O)c2c(ncn2S(=O)(=O)c2ccc([N+](=O)[O-])cc2)n(CCCC)c1=O. The lowest BCUT2D eigenvalue weighted by Crippen LogP contribution is -2.41. The van der Waals surface area contributed by atoms with Gasteiger partial charge in [0.2, 0.25) is 0 Å². The van der Waals surface area contributed by atoms with Crippen molar-refractivity contribution in [2.24, 2.45) is 0 Å². The zero-order valence-corrected chi connectivity index (χ0v) is 18.0. The maximum absolute atomic E-state index is 13.2. The average molecular weight is 449 g/mol. The second-order valence-corrected chi connectivity index (χ2v) is 8.88. The summed E-state index contributed by atoms with van der Waals surface area (Å²) in [6.45, 7) is 4.33. The van der Waals surface area contributed by atoms with Gasteiger partial charge in [0.25, 0.3) is 21.3 Å². The van der Waals surface area contributed by atoms with Crippen molar-refractivity contribution in [3.63, 3.8) is 0 Å². The third kappa shape index (κ3) is 4.02. The predicted octanol–water partition coefficient (Wildman–Crippen LogP) is 2.11. The Morgan fingerprint density at radius 1 is 1.00 bits per heavy atom. The molecular weight excluding hydrogens is 426 g/mol. The molecule has 2 heterocycles. The Bertz CT molecular complexity index is 1340. The van der Waals surface area contributed by atoms with E-state index in [4.69, 9.17) is 0 Å². The zero-order chi connectivity index (χ0) is 22.8. The van der Waals surface area contributed by atoms with E-state index in [0.29, 0.717) is 19.4 Å². The summed E-state index contributed by atoms with van der Waals surface area (Å²) in [7, 11) is -4.27. The first kappa shape index (κ1) is 22.4. The molecule has 0 amide bonds. The Kier molecular flexibility index (Phi) is 6.39. The van der Waals surface area contributed by atoms with Gasteiger partial charge in [0.1, 0.15) is 6.33 Å². The molecule has 0 bridgehead atoms. The van der Waals surface area contributed by atoms with Gasteiger partial charge in [0, 0.05) is 25.2 Å². The molecule has 0 radical (unpaired) electrons. The van der Waals surface area contributed by atoms with Crippen LogP contribution in [0.15, 0.2) is 45.1 Å². The quantitative estimate of drug-likeness (QED) is 0.360. The minimum atomic E-state index is -4.27. The third-order valence-electron chi connectivity index (χ3n) is 4.96. The highest BCUT2D eigenvalue weighted by Gasteiger charge is 2.26. The molecule has 0 saturated heterocycles. The van der Waals surface area contributed by atoms with E-state index in [2.05, 4.69) is 4.98 Å². The summed E-state index contributed by atoms with van der Waals surface area (Å²) in [5, 5.41) is 10.9. The van der Waals surface area contributed by atoms with Gasteiger partial charge in [-0.15, -0.1) is 0 Å². The minimum Gasteiger partial charge on any atom is -0.276 e. The van der Waals surface area contributed by atoms with Crippen LogP contribution in [0.4, 0.5) is 5.69 Å². The fourth-order valence-electron chi connectivity index (χ4n) is 3.23. The number of unbranched alkanes of at least 4 members (excludes halogenated alkanes) is 2. The van der Waals surface area contributed by atoms with Gasteiger partial charge < -0.3 is 0 Å². The summed E-state index contributed by atoms with van der Waals surface area (Å²) in [4.78, 5) is 40.1. The Hall–Kier alpha value is -3.28. The average Bonchev–Trinajstić information content (AvgIpc) is 3.20. The number of nitro groups is 1. The Morgan fingerprint density at radius 2 is 1.58 bits per heavy atom. The van der Waals surface area contributed by atoms with E-state index in [9.17, 15) is 28.1 Å². The van der Waals surface area contributed by atoms with E-state index in [-0.39, 0.29) is 28.3 Å². The van der Waals surface area contributed by atoms with Crippen LogP contribution >= 0.6 is 0 Å². The highest BCUT2D eigenvalue weighted by molar-refractivity contribution is 7.90. The molecule has 2 aromatic heterocycles. The molecule has 0 aliphatic rings. The second kappa shape index (κ2) is 8.84. The summed E-state index contributed by atoms with van der Waals surface area (Å²) in [6, 6.07) is 4.34. The Labute approximate surface area is 177 Å². The molecule has 11 nitrogen and oxygen atoms in total. The van der Waals surface area contributed by atoms with Crippen LogP contribution in [0.1, 0.15) is 39.5 Å². The maximum atomic E-state index is 13.2. The first-order valence-electron chi connectivity index (χ1n) is 9.94. The first-order valence-corrected chi connectivity index (χ1v) is 11.4. The van der Waals surface area contributed by atoms with Gasteiger partial charge >= 0.3 is 5.69 Å². The molecule has 0 N–H and O–H groups in total. The molecule has 3 aromatic rings. The number of benzene rings is 1. The van der Waals surface area contributed by atoms with Crippen molar-refractivity contribution in [1.29, 1.82) is 0 Å². The Balaban J connectivity index is 2.27. The summed E-state index contributed by atoms with van der Waals surface area (Å²) >= 11 is 0. The molecule has 0 unspecified atom stereocenters. The molecule has 31 heavy (non-hydrogen) atoms. The lowest BCUT2D eigenvalue weighted by atomic mass is 10.3. The number of rotatable bonds is 9. The first-order chi connectivity index (χ1) is 14.7. The van der Waals surface area contributed by atoms with Crippen LogP contribution in [-0.2, 0) is 23.1 Å². The minimum absolute atomic E-state index is 0.00156. The fourth-order valence-corrected chi connectivity index (χ4v) is 4.51. The van der Waals surface area contributed by atoms with Crippen LogP contribution < -0.4 is 11.2 Å². The molecule has 0 spiro atoms. The van der Waals surface area contributed by atoms with Gasteiger partial charge in [0.05, 0.1) is 9.82 Å². The van der Waals surface area contributed by atoms with Crippen molar-refractivity contribution in [1.82, 2.24) is 18.1 Å². The number of hydrogen-bond acceptors (Lipinski definition) is 7. The topological polar surface area (TPSA) is 139 Å². The van der Waals surface area contributed by atoms with Crippen molar-refractivity contribution in [2.75, 3.05) is 0 Å². The normalized spacial score (nSPS) is 11.8. The number of hydrogen-bond donors (Lipinski definition) is 0.